The van der Waals surface area contributed by atoms with Crippen molar-refractivity contribution in [2.45, 2.75) is 18.0 Å². The maximum atomic E-state index is 12.2. The van der Waals surface area contributed by atoms with Crippen molar-refractivity contribution in [3.63, 3.8) is 0 Å². The molecule has 0 aliphatic heterocycles. The summed E-state index contributed by atoms with van der Waals surface area (Å²) in [6.07, 6.45) is -3.75. The Kier molecular flexibility index (Phi) is 5.10. The summed E-state index contributed by atoms with van der Waals surface area (Å²) in [4.78, 5) is 10.8. The highest BCUT2D eigenvalue weighted by Crippen LogP contribution is 2.40. The van der Waals surface area contributed by atoms with Gasteiger partial charge in [-0.15, -0.1) is 11.3 Å². The highest BCUT2D eigenvalue weighted by atomic mass is 32.2. The van der Waals surface area contributed by atoms with Crippen LogP contribution in [-0.4, -0.2) is 40.0 Å². The van der Waals surface area contributed by atoms with E-state index in [2.05, 4.69) is 4.74 Å². The Morgan fingerprint density at radius 1 is 1.43 bits per heavy atom. The fourth-order valence-corrected chi connectivity index (χ4v) is 3.90. The van der Waals surface area contributed by atoms with E-state index in [-0.39, 0.29) is 16.5 Å². The lowest BCUT2D eigenvalue weighted by Crippen LogP contribution is -2.21. The van der Waals surface area contributed by atoms with Gasteiger partial charge in [-0.25, -0.2) is 13.2 Å². The molecule has 1 aromatic rings. The number of hydrogen-bond donors (Lipinski definition) is 2. The molecular formula is C10H13F3N2O4S2. The van der Waals surface area contributed by atoms with Gasteiger partial charge in [0.25, 0.3) is 0 Å². The minimum absolute atomic E-state index is 0.0235. The van der Waals surface area contributed by atoms with Crippen LogP contribution < -0.4 is 11.1 Å². The summed E-state index contributed by atoms with van der Waals surface area (Å²) in [6.45, 7) is 0.107. The number of ether oxygens (including phenoxy) is 1. The second kappa shape index (κ2) is 6.10. The first-order valence-electron chi connectivity index (χ1n) is 5.57. The Balaban J connectivity index is 3.29. The van der Waals surface area contributed by atoms with Gasteiger partial charge in [-0.3, -0.25) is 0 Å². The van der Waals surface area contributed by atoms with Crippen LogP contribution in [0.2, 0.25) is 0 Å². The molecule has 0 saturated carbocycles. The molecule has 0 unspecified atom stereocenters. The number of carbonyl (C=O) groups excluding carboxylic acids is 1. The third-order valence-corrected chi connectivity index (χ3v) is 4.62. The zero-order valence-corrected chi connectivity index (χ0v) is 12.7. The number of carbonyl (C=O) groups is 1. The smallest absolute Gasteiger partial charge is 0.405 e. The molecule has 120 valence electrons. The fourth-order valence-electron chi connectivity index (χ4n) is 1.44. The van der Waals surface area contributed by atoms with Crippen LogP contribution in [0, 0.1) is 0 Å². The number of anilines is 2. The number of thiophene rings is 1. The maximum Gasteiger partial charge on any atom is 0.405 e. The second-order valence-corrected chi connectivity index (χ2v) is 6.94. The summed E-state index contributed by atoms with van der Waals surface area (Å²) in [5, 5.41) is 1.61. The normalized spacial score (nSPS) is 12.2. The van der Waals surface area contributed by atoms with Crippen LogP contribution >= 0.6 is 11.3 Å². The molecule has 0 fully saturated rings. The number of hydrogen-bond acceptors (Lipinski definition) is 7. The molecule has 21 heavy (non-hydrogen) atoms. The maximum absolute atomic E-state index is 12.2. The van der Waals surface area contributed by atoms with Gasteiger partial charge in [0, 0.05) is 6.26 Å². The van der Waals surface area contributed by atoms with E-state index >= 15 is 0 Å². The van der Waals surface area contributed by atoms with E-state index in [0.29, 0.717) is 11.3 Å². The number of nitrogens with two attached hydrogens (primary N) is 1. The first-order chi connectivity index (χ1) is 9.47. The van der Waals surface area contributed by atoms with Gasteiger partial charge in [-0.2, -0.15) is 13.2 Å². The van der Waals surface area contributed by atoms with Crippen molar-refractivity contribution in [3.05, 3.63) is 4.88 Å². The molecule has 0 spiro atoms. The third-order valence-electron chi connectivity index (χ3n) is 2.18. The molecule has 0 amide bonds. The number of sulfone groups is 1. The SMILES string of the molecule is CCOC(=O)c1sc(NCC(F)(F)F)c(S(C)(=O)=O)c1N. The van der Waals surface area contributed by atoms with Crippen molar-refractivity contribution >= 4 is 37.8 Å². The zero-order chi connectivity index (χ0) is 16.4. The van der Waals surface area contributed by atoms with Gasteiger partial charge in [0.1, 0.15) is 21.3 Å². The monoisotopic (exact) mass is 346 g/mol. The summed E-state index contributed by atoms with van der Waals surface area (Å²) in [5.74, 6) is -0.884. The standard InChI is InChI=1S/C10H13F3N2O4S2/c1-3-19-9(16)6-5(14)7(21(2,17)18)8(20-6)15-4-10(11,12)13/h15H,3-4,14H2,1-2H3. The molecule has 11 heteroatoms. The van der Waals surface area contributed by atoms with Crippen molar-refractivity contribution in [1.82, 2.24) is 0 Å². The van der Waals surface area contributed by atoms with E-state index in [1.165, 1.54) is 6.92 Å². The summed E-state index contributed by atoms with van der Waals surface area (Å²) in [7, 11) is -3.91. The average Bonchev–Trinajstić information content (AvgIpc) is 2.62. The van der Waals surface area contributed by atoms with Gasteiger partial charge in [-0.05, 0) is 6.92 Å². The van der Waals surface area contributed by atoms with Crippen LogP contribution in [0.3, 0.4) is 0 Å². The number of alkyl halides is 3. The molecule has 0 atom stereocenters. The van der Waals surface area contributed by atoms with Crippen LogP contribution in [0.15, 0.2) is 4.90 Å². The fraction of sp³-hybridized carbons (Fsp3) is 0.500. The Labute approximate surface area is 123 Å². The number of nitrogen functional groups attached to an aromatic ring is 1. The molecule has 0 radical (unpaired) electrons. The van der Waals surface area contributed by atoms with Gasteiger partial charge < -0.3 is 15.8 Å². The first kappa shape index (κ1) is 17.6. The van der Waals surface area contributed by atoms with E-state index in [4.69, 9.17) is 5.73 Å². The van der Waals surface area contributed by atoms with E-state index in [9.17, 15) is 26.4 Å². The van der Waals surface area contributed by atoms with Crippen molar-refractivity contribution < 1.29 is 31.1 Å². The molecule has 1 rings (SSSR count). The van der Waals surface area contributed by atoms with Gasteiger partial charge >= 0.3 is 12.1 Å². The van der Waals surface area contributed by atoms with Crippen LogP contribution in [0.4, 0.5) is 23.9 Å². The highest BCUT2D eigenvalue weighted by Gasteiger charge is 2.31. The summed E-state index contributed by atoms with van der Waals surface area (Å²) < 4.78 is 64.7. The van der Waals surface area contributed by atoms with E-state index in [0.717, 1.165) is 6.26 Å². The highest BCUT2D eigenvalue weighted by molar-refractivity contribution is 7.91. The molecule has 1 heterocycles. The number of esters is 1. The largest absolute Gasteiger partial charge is 0.462 e. The van der Waals surface area contributed by atoms with Gasteiger partial charge in [0.05, 0.1) is 12.3 Å². The van der Waals surface area contributed by atoms with Crippen LogP contribution in [0.1, 0.15) is 16.6 Å². The molecule has 0 aliphatic carbocycles. The molecule has 3 N–H and O–H groups in total. The van der Waals surface area contributed by atoms with Crippen LogP contribution in [-0.2, 0) is 14.6 Å². The van der Waals surface area contributed by atoms with Crippen molar-refractivity contribution in [1.29, 1.82) is 0 Å². The first-order valence-corrected chi connectivity index (χ1v) is 8.28. The summed E-state index contributed by atoms with van der Waals surface area (Å²) >= 11 is 0.512. The third kappa shape index (κ3) is 4.49. The molecular weight excluding hydrogens is 333 g/mol. The van der Waals surface area contributed by atoms with Crippen molar-refractivity contribution in [3.8, 4) is 0 Å². The lowest BCUT2D eigenvalue weighted by molar-refractivity contribution is -0.115. The zero-order valence-electron chi connectivity index (χ0n) is 11.1. The summed E-state index contributed by atoms with van der Waals surface area (Å²) in [6, 6.07) is 0. The lowest BCUT2D eigenvalue weighted by atomic mass is 10.4. The van der Waals surface area contributed by atoms with E-state index in [1.807, 2.05) is 5.32 Å². The number of rotatable bonds is 5. The van der Waals surface area contributed by atoms with Gasteiger partial charge in [-0.1, -0.05) is 0 Å². The predicted molar refractivity (Wildman–Crippen MR) is 72.3 cm³/mol. The van der Waals surface area contributed by atoms with E-state index < -0.39 is 39.1 Å². The Morgan fingerprint density at radius 2 is 2.00 bits per heavy atom. The lowest BCUT2D eigenvalue weighted by Gasteiger charge is -2.09. The minimum Gasteiger partial charge on any atom is -0.462 e. The predicted octanol–water partition coefficient (Wildman–Crippen LogP) is 1.88. The molecule has 1 aromatic heterocycles. The second-order valence-electron chi connectivity index (χ2n) is 3.96. The summed E-state index contributed by atoms with van der Waals surface area (Å²) in [5.41, 5.74) is 5.16. The van der Waals surface area contributed by atoms with Crippen LogP contribution in [0.5, 0.6) is 0 Å². The molecule has 0 aliphatic rings. The average molecular weight is 346 g/mol. The van der Waals surface area contributed by atoms with Crippen molar-refractivity contribution in [2.75, 3.05) is 30.5 Å². The van der Waals surface area contributed by atoms with Gasteiger partial charge in [0.15, 0.2) is 9.84 Å². The number of nitrogens with one attached hydrogen (secondary N) is 1. The van der Waals surface area contributed by atoms with Gasteiger partial charge in [0.2, 0.25) is 0 Å². The quantitative estimate of drug-likeness (QED) is 0.790. The Hall–Kier alpha value is -1.49. The van der Waals surface area contributed by atoms with E-state index in [1.54, 1.807) is 0 Å². The Bertz CT molecular complexity index is 637. The molecule has 6 nitrogen and oxygen atoms in total. The topological polar surface area (TPSA) is 98.5 Å². The number of halogens is 3. The molecule has 0 saturated heterocycles. The molecule has 0 bridgehead atoms. The minimum atomic E-state index is -4.54. The Morgan fingerprint density at radius 3 is 2.43 bits per heavy atom. The van der Waals surface area contributed by atoms with Crippen LogP contribution in [0.25, 0.3) is 0 Å². The molecule has 0 aromatic carbocycles. The van der Waals surface area contributed by atoms with Crippen molar-refractivity contribution in [2.24, 2.45) is 0 Å².